The molecule has 0 saturated carbocycles. The largest absolute Gasteiger partial charge is 0.503 e. The number of aliphatic hydroxyl groups excluding tert-OH is 1. The topological polar surface area (TPSA) is 63.6 Å². The molecule has 0 amide bonds. The number of halogens is 2. The molecule has 1 aromatic carbocycles. The lowest BCUT2D eigenvalue weighted by molar-refractivity contribution is 0.0936. The van der Waals surface area contributed by atoms with Gasteiger partial charge < -0.3 is 9.84 Å². The first kappa shape index (κ1) is 12.3. The molecule has 0 aromatic heterocycles. The zero-order valence-electron chi connectivity index (χ0n) is 8.58. The van der Waals surface area contributed by atoms with Crippen LogP contribution in [-0.4, -0.2) is 23.8 Å². The SMILES string of the molecule is COc1ccc2c(c1Br)C(=O)C(Br)=C(O)C2=O. The van der Waals surface area contributed by atoms with E-state index in [1.54, 1.807) is 6.07 Å². The molecule has 0 aliphatic heterocycles. The Morgan fingerprint density at radius 3 is 2.41 bits per heavy atom. The Kier molecular flexibility index (Phi) is 3.09. The summed E-state index contributed by atoms with van der Waals surface area (Å²) in [7, 11) is 1.46. The van der Waals surface area contributed by atoms with E-state index in [0.717, 1.165) is 0 Å². The highest BCUT2D eigenvalue weighted by Gasteiger charge is 2.33. The van der Waals surface area contributed by atoms with Crippen molar-refractivity contribution in [3.8, 4) is 5.75 Å². The lowest BCUT2D eigenvalue weighted by Gasteiger charge is -2.17. The number of carbonyl (C=O) groups is 2. The fraction of sp³-hybridized carbons (Fsp3) is 0.0909. The summed E-state index contributed by atoms with van der Waals surface area (Å²) >= 11 is 6.13. The van der Waals surface area contributed by atoms with Crippen LogP contribution >= 0.6 is 31.9 Å². The molecule has 0 atom stereocenters. The Balaban J connectivity index is 2.77. The third-order valence-electron chi connectivity index (χ3n) is 2.42. The van der Waals surface area contributed by atoms with Gasteiger partial charge in [-0.15, -0.1) is 0 Å². The molecule has 17 heavy (non-hydrogen) atoms. The number of hydrogen-bond donors (Lipinski definition) is 1. The van der Waals surface area contributed by atoms with Gasteiger partial charge in [-0.1, -0.05) is 0 Å². The van der Waals surface area contributed by atoms with Crippen LogP contribution in [0.2, 0.25) is 0 Å². The Labute approximate surface area is 114 Å². The van der Waals surface area contributed by atoms with Crippen LogP contribution in [0.3, 0.4) is 0 Å². The van der Waals surface area contributed by atoms with Gasteiger partial charge in [-0.25, -0.2) is 0 Å². The molecule has 1 aliphatic carbocycles. The molecular formula is C11H6Br2O4. The van der Waals surface area contributed by atoms with Gasteiger partial charge in [0.25, 0.3) is 0 Å². The van der Waals surface area contributed by atoms with Gasteiger partial charge in [0.2, 0.25) is 11.6 Å². The number of fused-ring (bicyclic) bond motifs is 1. The molecule has 1 aliphatic rings. The minimum atomic E-state index is -0.588. The van der Waals surface area contributed by atoms with E-state index in [1.807, 2.05) is 0 Å². The molecule has 0 fully saturated rings. The third kappa shape index (κ3) is 1.71. The molecule has 1 N–H and O–H groups in total. The van der Waals surface area contributed by atoms with Crippen LogP contribution in [0.4, 0.5) is 0 Å². The number of rotatable bonds is 1. The summed E-state index contributed by atoms with van der Waals surface area (Å²) in [6, 6.07) is 3.01. The number of allylic oxidation sites excluding steroid dienone is 2. The summed E-state index contributed by atoms with van der Waals surface area (Å²) in [6.45, 7) is 0. The van der Waals surface area contributed by atoms with Crippen molar-refractivity contribution >= 4 is 43.4 Å². The minimum absolute atomic E-state index is 0.135. The summed E-state index contributed by atoms with van der Waals surface area (Å²) in [5, 5.41) is 9.50. The maximum absolute atomic E-state index is 12.0. The van der Waals surface area contributed by atoms with Gasteiger partial charge in [0.15, 0.2) is 5.76 Å². The molecule has 0 unspecified atom stereocenters. The van der Waals surface area contributed by atoms with Crippen molar-refractivity contribution in [1.82, 2.24) is 0 Å². The van der Waals surface area contributed by atoms with Gasteiger partial charge in [0, 0.05) is 5.56 Å². The van der Waals surface area contributed by atoms with E-state index in [4.69, 9.17) is 4.74 Å². The number of hydrogen-bond acceptors (Lipinski definition) is 4. The number of methoxy groups -OCH3 is 1. The summed E-state index contributed by atoms with van der Waals surface area (Å²) in [5.41, 5.74) is 0.349. The number of ether oxygens (including phenoxy) is 1. The first-order valence-corrected chi connectivity index (χ1v) is 6.12. The fourth-order valence-corrected chi connectivity index (χ4v) is 2.64. The van der Waals surface area contributed by atoms with E-state index in [-0.39, 0.29) is 15.6 Å². The molecule has 2 rings (SSSR count). The molecule has 0 saturated heterocycles. The van der Waals surface area contributed by atoms with Crippen LogP contribution in [0.25, 0.3) is 0 Å². The standard InChI is InChI=1S/C11H6Br2O4/c1-17-5-3-2-4-6(7(5)12)10(15)8(13)11(16)9(4)14/h2-3,16H,1H3. The molecule has 0 radical (unpaired) electrons. The van der Waals surface area contributed by atoms with E-state index in [1.165, 1.54) is 13.2 Å². The van der Waals surface area contributed by atoms with Gasteiger partial charge in [-0.2, -0.15) is 0 Å². The summed E-state index contributed by atoms with van der Waals surface area (Å²) in [4.78, 5) is 23.7. The number of benzene rings is 1. The van der Waals surface area contributed by atoms with E-state index in [9.17, 15) is 14.7 Å². The second-order valence-electron chi connectivity index (χ2n) is 3.33. The number of ketones is 2. The van der Waals surface area contributed by atoms with Gasteiger partial charge in [0.05, 0.1) is 17.1 Å². The first-order valence-electron chi connectivity index (χ1n) is 4.53. The van der Waals surface area contributed by atoms with Crippen molar-refractivity contribution in [2.45, 2.75) is 0 Å². The zero-order chi connectivity index (χ0) is 12.7. The maximum Gasteiger partial charge on any atom is 0.229 e. The molecule has 1 aromatic rings. The van der Waals surface area contributed by atoms with E-state index in [2.05, 4.69) is 31.9 Å². The van der Waals surface area contributed by atoms with Crippen LogP contribution < -0.4 is 4.74 Å². The van der Waals surface area contributed by atoms with Gasteiger partial charge in [0.1, 0.15) is 10.2 Å². The van der Waals surface area contributed by atoms with Gasteiger partial charge in [-0.05, 0) is 44.0 Å². The molecular weight excluding hydrogens is 356 g/mol. The molecule has 0 spiro atoms. The average Bonchev–Trinajstić information content (AvgIpc) is 2.33. The predicted octanol–water partition coefficient (Wildman–Crippen LogP) is 3.00. The summed E-state index contributed by atoms with van der Waals surface area (Å²) in [6.07, 6.45) is 0. The molecule has 88 valence electrons. The molecule has 0 bridgehead atoms. The van der Waals surface area contributed by atoms with Crippen molar-refractivity contribution in [3.05, 3.63) is 38.0 Å². The Morgan fingerprint density at radius 1 is 1.18 bits per heavy atom. The highest BCUT2D eigenvalue weighted by Crippen LogP contribution is 2.37. The lowest BCUT2D eigenvalue weighted by Crippen LogP contribution is -2.20. The van der Waals surface area contributed by atoms with Crippen LogP contribution in [0.15, 0.2) is 26.8 Å². The second kappa shape index (κ2) is 4.27. The third-order valence-corrected chi connectivity index (χ3v) is 3.94. The zero-order valence-corrected chi connectivity index (χ0v) is 11.8. The van der Waals surface area contributed by atoms with Crippen molar-refractivity contribution in [3.63, 3.8) is 0 Å². The van der Waals surface area contributed by atoms with Gasteiger partial charge in [-0.3, -0.25) is 9.59 Å². The Bertz CT molecular complexity index is 575. The quantitative estimate of drug-likeness (QED) is 0.835. The van der Waals surface area contributed by atoms with Crippen LogP contribution in [0, 0.1) is 0 Å². The lowest BCUT2D eigenvalue weighted by atomic mass is 9.93. The van der Waals surface area contributed by atoms with Crippen LogP contribution in [0.5, 0.6) is 5.75 Å². The number of Topliss-reactive ketones (excluding diaryl/α,β-unsaturated/α-hetero) is 2. The van der Waals surface area contributed by atoms with Gasteiger partial charge >= 0.3 is 0 Å². The highest BCUT2D eigenvalue weighted by molar-refractivity contribution is 9.12. The smallest absolute Gasteiger partial charge is 0.229 e. The monoisotopic (exact) mass is 360 g/mol. The van der Waals surface area contributed by atoms with Crippen molar-refractivity contribution in [1.29, 1.82) is 0 Å². The van der Waals surface area contributed by atoms with Crippen molar-refractivity contribution < 1.29 is 19.4 Å². The molecule has 0 heterocycles. The maximum atomic E-state index is 12.0. The average molecular weight is 362 g/mol. The number of carbonyl (C=O) groups excluding carboxylic acids is 2. The van der Waals surface area contributed by atoms with E-state index >= 15 is 0 Å². The van der Waals surface area contributed by atoms with E-state index in [0.29, 0.717) is 10.2 Å². The van der Waals surface area contributed by atoms with Crippen LogP contribution in [-0.2, 0) is 0 Å². The van der Waals surface area contributed by atoms with Crippen molar-refractivity contribution in [2.24, 2.45) is 0 Å². The molecule has 4 nitrogen and oxygen atoms in total. The van der Waals surface area contributed by atoms with Crippen LogP contribution in [0.1, 0.15) is 20.7 Å². The normalized spacial score (nSPS) is 15.0. The fourth-order valence-electron chi connectivity index (χ4n) is 1.57. The molecule has 6 heteroatoms. The minimum Gasteiger partial charge on any atom is -0.503 e. The second-order valence-corrected chi connectivity index (χ2v) is 4.91. The first-order chi connectivity index (χ1) is 7.99. The predicted molar refractivity (Wildman–Crippen MR) is 67.9 cm³/mol. The Hall–Kier alpha value is -1.14. The Morgan fingerprint density at radius 2 is 1.82 bits per heavy atom. The van der Waals surface area contributed by atoms with Crippen molar-refractivity contribution in [2.75, 3.05) is 7.11 Å². The highest BCUT2D eigenvalue weighted by atomic mass is 79.9. The summed E-state index contributed by atoms with van der Waals surface area (Å²) < 4.78 is 5.32. The number of aliphatic hydroxyl groups is 1. The van der Waals surface area contributed by atoms with E-state index < -0.39 is 17.3 Å². The summed E-state index contributed by atoms with van der Waals surface area (Å²) in [5.74, 6) is -1.16.